The summed E-state index contributed by atoms with van der Waals surface area (Å²) >= 11 is 0. The predicted octanol–water partition coefficient (Wildman–Crippen LogP) is -1.05. The van der Waals surface area contributed by atoms with Gasteiger partial charge in [-0.15, -0.1) is 0 Å². The number of halogens is 1. The van der Waals surface area contributed by atoms with Crippen LogP contribution in [0.25, 0.3) is 0 Å². The number of quaternary nitrogens is 1. The zero-order valence-corrected chi connectivity index (χ0v) is 15.6. The van der Waals surface area contributed by atoms with E-state index in [-0.39, 0.29) is 30.6 Å². The molecule has 1 heterocycles. The van der Waals surface area contributed by atoms with Gasteiger partial charge >= 0.3 is 6.03 Å². The second-order valence-electron chi connectivity index (χ2n) is 6.46. The number of sulfonamides is 1. The Labute approximate surface area is 152 Å². The molecule has 10 heteroatoms. The highest BCUT2D eigenvalue weighted by atomic mass is 32.2. The second-order valence-corrected chi connectivity index (χ2v) is 8.40. The van der Waals surface area contributed by atoms with E-state index in [0.717, 1.165) is 11.0 Å². The number of hydrogen-bond donors (Lipinski definition) is 3. The minimum absolute atomic E-state index is 0.0771. The maximum Gasteiger partial charge on any atom is 0.321 e. The van der Waals surface area contributed by atoms with Gasteiger partial charge in [-0.3, -0.25) is 10.1 Å². The van der Waals surface area contributed by atoms with E-state index in [9.17, 15) is 22.4 Å². The second kappa shape index (κ2) is 8.56. The van der Waals surface area contributed by atoms with E-state index in [2.05, 4.69) is 10.6 Å². The first-order valence-corrected chi connectivity index (χ1v) is 9.82. The molecule has 3 amide bonds. The summed E-state index contributed by atoms with van der Waals surface area (Å²) in [5.74, 6) is -1.02. The fourth-order valence-corrected chi connectivity index (χ4v) is 4.17. The third-order valence-electron chi connectivity index (χ3n) is 3.95. The highest BCUT2D eigenvalue weighted by Gasteiger charge is 2.31. The van der Waals surface area contributed by atoms with E-state index in [1.807, 2.05) is 0 Å². The van der Waals surface area contributed by atoms with Crippen molar-refractivity contribution < 1.29 is 27.3 Å². The van der Waals surface area contributed by atoms with Gasteiger partial charge in [0.05, 0.1) is 31.1 Å². The van der Waals surface area contributed by atoms with Crippen molar-refractivity contribution in [2.24, 2.45) is 0 Å². The van der Waals surface area contributed by atoms with Crippen molar-refractivity contribution in [3.63, 3.8) is 0 Å². The molecule has 0 bridgehead atoms. The van der Waals surface area contributed by atoms with Crippen LogP contribution in [0.15, 0.2) is 29.2 Å². The van der Waals surface area contributed by atoms with Gasteiger partial charge < -0.3 is 10.2 Å². The smallest absolute Gasteiger partial charge is 0.321 e. The Bertz CT molecular complexity index is 761. The summed E-state index contributed by atoms with van der Waals surface area (Å²) < 4.78 is 39.6. The molecule has 8 nitrogen and oxygen atoms in total. The molecule has 1 aromatic rings. The lowest BCUT2D eigenvalue weighted by molar-refractivity contribution is -0.895. The number of carbonyl (C=O) groups is 2. The minimum atomic E-state index is -3.75. The van der Waals surface area contributed by atoms with Gasteiger partial charge in [0.1, 0.15) is 5.82 Å². The van der Waals surface area contributed by atoms with Crippen LogP contribution in [-0.2, 0) is 14.8 Å². The van der Waals surface area contributed by atoms with Crippen molar-refractivity contribution >= 4 is 22.0 Å². The summed E-state index contributed by atoms with van der Waals surface area (Å²) in [5, 5.41) is 4.81. The Hall–Kier alpha value is -2.04. The summed E-state index contributed by atoms with van der Waals surface area (Å²) in [4.78, 5) is 24.2. The summed E-state index contributed by atoms with van der Waals surface area (Å²) in [6.07, 6.45) is 0. The van der Waals surface area contributed by atoms with Crippen molar-refractivity contribution in [3.05, 3.63) is 30.1 Å². The monoisotopic (exact) mass is 387 g/mol. The van der Waals surface area contributed by atoms with Crippen molar-refractivity contribution in [2.45, 2.75) is 24.8 Å². The van der Waals surface area contributed by atoms with E-state index in [4.69, 9.17) is 0 Å². The number of rotatable bonds is 5. The SMILES string of the molecule is CC(C)NC(=O)NC(=O)C[NH+]1CCN(S(=O)(=O)c2cccc(F)c2)CC1. The van der Waals surface area contributed by atoms with Gasteiger partial charge in [0, 0.05) is 6.04 Å². The molecule has 1 aliphatic heterocycles. The fourth-order valence-electron chi connectivity index (χ4n) is 2.69. The third-order valence-corrected chi connectivity index (χ3v) is 5.84. The van der Waals surface area contributed by atoms with Crippen molar-refractivity contribution in [1.82, 2.24) is 14.9 Å². The van der Waals surface area contributed by atoms with E-state index >= 15 is 0 Å². The highest BCUT2D eigenvalue weighted by molar-refractivity contribution is 7.89. The van der Waals surface area contributed by atoms with E-state index in [1.165, 1.54) is 22.5 Å². The lowest BCUT2D eigenvalue weighted by Crippen LogP contribution is -3.15. The number of piperazine rings is 1. The van der Waals surface area contributed by atoms with Gasteiger partial charge in [-0.1, -0.05) is 6.07 Å². The van der Waals surface area contributed by atoms with Crippen LogP contribution >= 0.6 is 0 Å². The highest BCUT2D eigenvalue weighted by Crippen LogP contribution is 2.16. The lowest BCUT2D eigenvalue weighted by atomic mass is 10.3. The molecule has 0 spiro atoms. The zero-order valence-electron chi connectivity index (χ0n) is 14.8. The summed E-state index contributed by atoms with van der Waals surface area (Å²) in [7, 11) is -3.75. The Balaban J connectivity index is 1.87. The number of nitrogens with zero attached hydrogens (tertiary/aromatic N) is 1. The first kappa shape index (κ1) is 20.3. The number of amides is 3. The quantitative estimate of drug-likeness (QED) is 0.600. The van der Waals surface area contributed by atoms with Crippen molar-refractivity contribution in [2.75, 3.05) is 32.7 Å². The standard InChI is InChI=1S/C16H23FN4O4S/c1-12(2)18-16(23)19-15(22)11-20-6-8-21(9-7-20)26(24,25)14-5-3-4-13(17)10-14/h3-5,10,12H,6-9,11H2,1-2H3,(H2,18,19,22,23)/p+1. The summed E-state index contributed by atoms with van der Waals surface area (Å²) in [5.41, 5.74) is 0. The molecule has 0 saturated carbocycles. The molecule has 26 heavy (non-hydrogen) atoms. The molecule has 0 unspecified atom stereocenters. The minimum Gasteiger partial charge on any atom is -0.336 e. The normalized spacial score (nSPS) is 16.5. The Morgan fingerprint density at radius 2 is 1.92 bits per heavy atom. The predicted molar refractivity (Wildman–Crippen MR) is 92.5 cm³/mol. The number of urea groups is 1. The maximum atomic E-state index is 13.3. The molecule has 2 rings (SSSR count). The Morgan fingerprint density at radius 3 is 2.50 bits per heavy atom. The van der Waals surface area contributed by atoms with Gasteiger partial charge in [-0.05, 0) is 32.0 Å². The fraction of sp³-hybridized carbons (Fsp3) is 0.500. The van der Waals surface area contributed by atoms with Crippen molar-refractivity contribution in [3.8, 4) is 0 Å². The average Bonchev–Trinajstić information content (AvgIpc) is 2.54. The van der Waals surface area contributed by atoms with E-state index < -0.39 is 27.8 Å². The number of imide groups is 1. The van der Waals surface area contributed by atoms with Crippen LogP contribution < -0.4 is 15.5 Å². The molecular formula is C16H24FN4O4S+. The van der Waals surface area contributed by atoms with E-state index in [0.29, 0.717) is 13.1 Å². The van der Waals surface area contributed by atoms with Crippen LogP contribution in [0.4, 0.5) is 9.18 Å². The van der Waals surface area contributed by atoms with Crippen molar-refractivity contribution in [1.29, 1.82) is 0 Å². The number of carbonyl (C=O) groups excluding carboxylic acids is 2. The first-order valence-electron chi connectivity index (χ1n) is 8.38. The van der Waals surface area contributed by atoms with Gasteiger partial charge in [0.25, 0.3) is 5.91 Å². The molecule has 0 radical (unpaired) electrons. The molecule has 1 aliphatic rings. The van der Waals surface area contributed by atoms with Crippen LogP contribution in [0, 0.1) is 5.82 Å². The molecule has 1 aromatic carbocycles. The van der Waals surface area contributed by atoms with Gasteiger partial charge in [-0.2, -0.15) is 4.31 Å². The topological polar surface area (TPSA) is 100 Å². The van der Waals surface area contributed by atoms with Gasteiger partial charge in [0.2, 0.25) is 10.0 Å². The number of benzene rings is 1. The molecule has 1 fully saturated rings. The van der Waals surface area contributed by atoms with Crippen LogP contribution in [0.5, 0.6) is 0 Å². The molecule has 0 aliphatic carbocycles. The van der Waals surface area contributed by atoms with E-state index in [1.54, 1.807) is 13.8 Å². The first-order chi connectivity index (χ1) is 12.2. The Kier molecular flexibility index (Phi) is 6.68. The summed E-state index contributed by atoms with van der Waals surface area (Å²) in [6, 6.07) is 4.28. The van der Waals surface area contributed by atoms with Crippen LogP contribution in [-0.4, -0.2) is 63.4 Å². The van der Waals surface area contributed by atoms with Gasteiger partial charge in [0.15, 0.2) is 6.54 Å². The number of hydrogen-bond acceptors (Lipinski definition) is 4. The van der Waals surface area contributed by atoms with Crippen LogP contribution in [0.2, 0.25) is 0 Å². The maximum absolute atomic E-state index is 13.3. The summed E-state index contributed by atoms with van der Waals surface area (Å²) in [6.45, 7) is 4.95. The largest absolute Gasteiger partial charge is 0.336 e. The Morgan fingerprint density at radius 1 is 1.27 bits per heavy atom. The zero-order chi connectivity index (χ0) is 19.3. The molecule has 0 aromatic heterocycles. The molecule has 3 N–H and O–H groups in total. The molecule has 1 saturated heterocycles. The lowest BCUT2D eigenvalue weighted by Gasteiger charge is -2.31. The average molecular weight is 387 g/mol. The molecule has 0 atom stereocenters. The van der Waals surface area contributed by atoms with Gasteiger partial charge in [-0.25, -0.2) is 17.6 Å². The van der Waals surface area contributed by atoms with Crippen LogP contribution in [0.1, 0.15) is 13.8 Å². The molecule has 144 valence electrons. The third kappa shape index (κ3) is 5.48. The molecular weight excluding hydrogens is 363 g/mol. The van der Waals surface area contributed by atoms with Crippen LogP contribution in [0.3, 0.4) is 0 Å². The number of nitrogens with one attached hydrogen (secondary N) is 3.